The van der Waals surface area contributed by atoms with Crippen LogP contribution in [0.4, 0.5) is 0 Å². The van der Waals surface area contributed by atoms with E-state index in [-0.39, 0.29) is 0 Å². The smallest absolute Gasteiger partial charge is 0.213 e. The minimum absolute atomic E-state index is 0.426. The van der Waals surface area contributed by atoms with E-state index in [1.807, 2.05) is 12.3 Å². The Morgan fingerprint density at radius 2 is 1.54 bits per heavy atom. The number of pyridine rings is 1. The number of aromatic amines is 1. The van der Waals surface area contributed by atoms with E-state index in [9.17, 15) is 0 Å². The molecule has 37 heavy (non-hydrogen) atoms. The van der Waals surface area contributed by atoms with Crippen molar-refractivity contribution in [1.82, 2.24) is 19.8 Å². The van der Waals surface area contributed by atoms with Gasteiger partial charge in [-0.2, -0.15) is 0 Å². The third kappa shape index (κ3) is 5.05. The van der Waals surface area contributed by atoms with Gasteiger partial charge in [-0.05, 0) is 106 Å². The van der Waals surface area contributed by atoms with Gasteiger partial charge in [-0.1, -0.05) is 32.8 Å². The number of H-pyrrole nitrogens is 1. The van der Waals surface area contributed by atoms with Crippen LogP contribution in [0.5, 0.6) is 5.88 Å². The van der Waals surface area contributed by atoms with Gasteiger partial charge in [0.05, 0.1) is 12.8 Å². The largest absolute Gasteiger partial charge is 0.481 e. The summed E-state index contributed by atoms with van der Waals surface area (Å²) < 4.78 is 5.40. The standard InChI is InChI=1S/C32H44N4O/c1-22(2)31-28-20-24(8-9-29(28)34-32(31)25-10-15-33-30(21-25)37-3)23-11-16-35(17-12-23)27-13-18-36(19-14-27)26-6-4-5-7-26/h8-10,15,20-23,26-27,34H,4-7,11-14,16-19H2,1-3H3. The predicted molar refractivity (Wildman–Crippen MR) is 153 cm³/mol. The lowest BCUT2D eigenvalue weighted by Crippen LogP contribution is -2.49. The number of piperidine rings is 2. The second kappa shape index (κ2) is 10.8. The van der Waals surface area contributed by atoms with Crippen LogP contribution < -0.4 is 4.74 Å². The van der Waals surface area contributed by atoms with E-state index < -0.39 is 0 Å². The zero-order chi connectivity index (χ0) is 25.4. The van der Waals surface area contributed by atoms with Gasteiger partial charge >= 0.3 is 0 Å². The number of hydrogen-bond donors (Lipinski definition) is 1. The summed E-state index contributed by atoms with van der Waals surface area (Å²) in [6.07, 6.45) is 12.9. The SMILES string of the molecule is COc1cc(-c2[nH]c3ccc(C4CCN(C5CCN(C6CCCC6)CC5)CC4)cc3c2C(C)C)ccn1. The molecule has 5 heteroatoms. The number of nitrogens with one attached hydrogen (secondary N) is 1. The Hall–Kier alpha value is -2.37. The molecule has 5 nitrogen and oxygen atoms in total. The molecule has 3 aromatic rings. The topological polar surface area (TPSA) is 44.4 Å². The number of benzene rings is 1. The van der Waals surface area contributed by atoms with Crippen LogP contribution >= 0.6 is 0 Å². The molecule has 2 saturated heterocycles. The van der Waals surface area contributed by atoms with E-state index in [0.717, 1.165) is 17.6 Å². The molecule has 0 amide bonds. The summed E-state index contributed by atoms with van der Waals surface area (Å²) in [6, 6.07) is 13.0. The highest BCUT2D eigenvalue weighted by atomic mass is 16.5. The Kier molecular flexibility index (Phi) is 7.27. The Bertz CT molecular complexity index is 1190. The van der Waals surface area contributed by atoms with Gasteiger partial charge in [0.15, 0.2) is 0 Å². The molecular weight excluding hydrogens is 456 g/mol. The Labute approximate surface area is 222 Å². The van der Waals surface area contributed by atoms with Crippen molar-refractivity contribution in [1.29, 1.82) is 0 Å². The Morgan fingerprint density at radius 3 is 2.22 bits per heavy atom. The maximum absolute atomic E-state index is 5.40. The zero-order valence-corrected chi connectivity index (χ0v) is 23.0. The molecule has 1 N–H and O–H groups in total. The van der Waals surface area contributed by atoms with E-state index in [0.29, 0.717) is 17.7 Å². The number of nitrogens with zero attached hydrogens (tertiary/aromatic N) is 3. The average molecular weight is 501 g/mol. The molecule has 0 atom stereocenters. The van der Waals surface area contributed by atoms with E-state index in [1.165, 1.54) is 105 Å². The number of likely N-dealkylation sites (tertiary alicyclic amines) is 2. The maximum Gasteiger partial charge on any atom is 0.213 e. The fourth-order valence-corrected chi connectivity index (χ4v) is 7.47. The van der Waals surface area contributed by atoms with Gasteiger partial charge in [-0.3, -0.25) is 0 Å². The fourth-order valence-electron chi connectivity index (χ4n) is 7.47. The lowest BCUT2D eigenvalue weighted by molar-refractivity contribution is 0.0696. The van der Waals surface area contributed by atoms with Crippen LogP contribution in [0.3, 0.4) is 0 Å². The molecule has 0 spiro atoms. The zero-order valence-electron chi connectivity index (χ0n) is 23.0. The minimum atomic E-state index is 0.426. The third-order valence-electron chi connectivity index (χ3n) is 9.53. The molecule has 3 fully saturated rings. The van der Waals surface area contributed by atoms with Gasteiger partial charge in [-0.15, -0.1) is 0 Å². The van der Waals surface area contributed by atoms with Gasteiger partial charge in [0.25, 0.3) is 0 Å². The second-order valence-corrected chi connectivity index (χ2v) is 12.0. The number of hydrogen-bond acceptors (Lipinski definition) is 4. The fraction of sp³-hybridized carbons (Fsp3) is 0.594. The van der Waals surface area contributed by atoms with Crippen LogP contribution in [0.15, 0.2) is 36.5 Å². The first kappa shape index (κ1) is 24.9. The predicted octanol–water partition coefficient (Wildman–Crippen LogP) is 6.95. The molecule has 198 valence electrons. The summed E-state index contributed by atoms with van der Waals surface area (Å²) in [7, 11) is 1.68. The minimum Gasteiger partial charge on any atom is -0.481 e. The Morgan fingerprint density at radius 1 is 0.865 bits per heavy atom. The normalized spacial score (nSPS) is 21.4. The molecule has 2 aliphatic heterocycles. The third-order valence-corrected chi connectivity index (χ3v) is 9.53. The van der Waals surface area contributed by atoms with Gasteiger partial charge in [0.1, 0.15) is 0 Å². The summed E-state index contributed by atoms with van der Waals surface area (Å²) in [6.45, 7) is 9.75. The van der Waals surface area contributed by atoms with E-state index in [1.54, 1.807) is 7.11 Å². The summed E-state index contributed by atoms with van der Waals surface area (Å²) >= 11 is 0. The van der Waals surface area contributed by atoms with E-state index >= 15 is 0 Å². The van der Waals surface area contributed by atoms with Crippen LogP contribution in [-0.4, -0.2) is 65.1 Å². The van der Waals surface area contributed by atoms with Crippen molar-refractivity contribution in [2.24, 2.45) is 0 Å². The molecule has 1 aromatic carbocycles. The van der Waals surface area contributed by atoms with Crippen LogP contribution in [0.2, 0.25) is 0 Å². The van der Waals surface area contributed by atoms with Crippen molar-refractivity contribution < 1.29 is 4.74 Å². The quantitative estimate of drug-likeness (QED) is 0.398. The molecule has 6 rings (SSSR count). The summed E-state index contributed by atoms with van der Waals surface area (Å²) in [5.41, 5.74) is 6.48. The van der Waals surface area contributed by atoms with E-state index in [2.05, 4.69) is 57.9 Å². The number of fused-ring (bicyclic) bond motifs is 1. The molecular formula is C32H44N4O. The van der Waals surface area contributed by atoms with Gasteiger partial charge in [0.2, 0.25) is 5.88 Å². The number of ether oxygens (including phenoxy) is 1. The van der Waals surface area contributed by atoms with Crippen LogP contribution in [-0.2, 0) is 0 Å². The molecule has 2 aromatic heterocycles. The molecule has 0 bridgehead atoms. The molecule has 3 aliphatic rings. The number of aromatic nitrogens is 2. The maximum atomic E-state index is 5.40. The van der Waals surface area contributed by atoms with Crippen molar-refractivity contribution >= 4 is 10.9 Å². The lowest BCUT2D eigenvalue weighted by atomic mass is 9.86. The first-order chi connectivity index (χ1) is 18.1. The van der Waals surface area contributed by atoms with Crippen LogP contribution in [0, 0.1) is 0 Å². The Balaban J connectivity index is 1.15. The molecule has 0 unspecified atom stereocenters. The van der Waals surface area contributed by atoms with Crippen LogP contribution in [0.25, 0.3) is 22.2 Å². The van der Waals surface area contributed by atoms with E-state index in [4.69, 9.17) is 4.74 Å². The van der Waals surface area contributed by atoms with Crippen molar-refractivity contribution in [3.05, 3.63) is 47.7 Å². The van der Waals surface area contributed by atoms with Crippen molar-refractivity contribution in [2.75, 3.05) is 33.3 Å². The van der Waals surface area contributed by atoms with Gasteiger partial charge in [0, 0.05) is 40.8 Å². The molecule has 0 radical (unpaired) electrons. The highest BCUT2D eigenvalue weighted by Gasteiger charge is 2.32. The van der Waals surface area contributed by atoms with Crippen molar-refractivity contribution in [3.8, 4) is 17.1 Å². The summed E-state index contributed by atoms with van der Waals surface area (Å²) in [4.78, 5) is 13.7. The van der Waals surface area contributed by atoms with Gasteiger partial charge < -0.3 is 19.5 Å². The molecule has 1 saturated carbocycles. The second-order valence-electron chi connectivity index (χ2n) is 12.0. The number of methoxy groups -OCH3 is 1. The molecule has 4 heterocycles. The van der Waals surface area contributed by atoms with Crippen molar-refractivity contribution in [3.63, 3.8) is 0 Å². The highest BCUT2D eigenvalue weighted by Crippen LogP contribution is 2.39. The highest BCUT2D eigenvalue weighted by molar-refractivity contribution is 5.92. The lowest BCUT2D eigenvalue weighted by Gasteiger charge is -2.43. The van der Waals surface area contributed by atoms with Gasteiger partial charge in [-0.25, -0.2) is 4.98 Å². The number of rotatable bonds is 6. The molecule has 1 aliphatic carbocycles. The summed E-state index contributed by atoms with van der Waals surface area (Å²) in [5, 5.41) is 1.37. The van der Waals surface area contributed by atoms with Crippen molar-refractivity contribution in [2.45, 2.75) is 89.1 Å². The van der Waals surface area contributed by atoms with Crippen LogP contribution in [0.1, 0.15) is 88.2 Å². The average Bonchev–Trinajstić information content (AvgIpc) is 3.62. The first-order valence-electron chi connectivity index (χ1n) is 14.7. The first-order valence-corrected chi connectivity index (χ1v) is 14.7. The summed E-state index contributed by atoms with van der Waals surface area (Å²) in [5.74, 6) is 1.75. The monoisotopic (exact) mass is 500 g/mol.